The highest BCUT2D eigenvalue weighted by atomic mass is 16.5. The van der Waals surface area contributed by atoms with Gasteiger partial charge < -0.3 is 14.4 Å². The Morgan fingerprint density at radius 3 is 2.64 bits per heavy atom. The van der Waals surface area contributed by atoms with Gasteiger partial charge in [0.15, 0.2) is 0 Å². The number of aryl methyl sites for hydroxylation is 1. The molecule has 3 heterocycles. The van der Waals surface area contributed by atoms with Crippen LogP contribution in [0, 0.1) is 12.8 Å². The Morgan fingerprint density at radius 2 is 1.94 bits per heavy atom. The number of aromatic nitrogens is 4. The maximum atomic E-state index is 13.1. The number of methoxy groups -OCH3 is 1. The van der Waals surface area contributed by atoms with Crippen molar-refractivity contribution in [1.82, 2.24) is 24.3 Å². The average Bonchev–Trinajstić information content (AvgIpc) is 3.29. The number of nitrogens with zero attached hydrogens (tertiary/aromatic N) is 5. The molecule has 1 aliphatic rings. The third-order valence-electron chi connectivity index (χ3n) is 5.80. The van der Waals surface area contributed by atoms with Crippen LogP contribution < -0.4 is 10.3 Å². The molecular formula is C23H27N5O5. The second-order valence-electron chi connectivity index (χ2n) is 8.00. The first-order valence-corrected chi connectivity index (χ1v) is 11.0. The lowest BCUT2D eigenvalue weighted by Gasteiger charge is -2.31. The van der Waals surface area contributed by atoms with Crippen LogP contribution in [0.2, 0.25) is 0 Å². The van der Waals surface area contributed by atoms with E-state index in [9.17, 15) is 14.4 Å². The van der Waals surface area contributed by atoms with Crippen molar-refractivity contribution in [2.75, 3.05) is 26.8 Å². The first-order chi connectivity index (χ1) is 15.9. The van der Waals surface area contributed by atoms with Crippen molar-refractivity contribution in [3.05, 3.63) is 46.5 Å². The predicted octanol–water partition coefficient (Wildman–Crippen LogP) is 1.68. The number of fused-ring (bicyclic) bond motifs is 1. The van der Waals surface area contributed by atoms with Crippen LogP contribution >= 0.6 is 0 Å². The van der Waals surface area contributed by atoms with Gasteiger partial charge in [-0.15, -0.1) is 0 Å². The van der Waals surface area contributed by atoms with E-state index in [-0.39, 0.29) is 24.3 Å². The molecule has 174 valence electrons. The van der Waals surface area contributed by atoms with Crippen LogP contribution in [0.3, 0.4) is 0 Å². The van der Waals surface area contributed by atoms with Gasteiger partial charge >= 0.3 is 5.97 Å². The monoisotopic (exact) mass is 453 g/mol. The van der Waals surface area contributed by atoms with Crippen molar-refractivity contribution in [1.29, 1.82) is 0 Å². The Hall–Kier alpha value is -3.69. The summed E-state index contributed by atoms with van der Waals surface area (Å²) >= 11 is 0. The molecule has 0 saturated carbocycles. The van der Waals surface area contributed by atoms with Crippen molar-refractivity contribution >= 4 is 17.4 Å². The summed E-state index contributed by atoms with van der Waals surface area (Å²) in [6.07, 6.45) is 1.40. The average molecular weight is 453 g/mol. The highest BCUT2D eigenvalue weighted by Crippen LogP contribution is 2.22. The standard InChI is InChI=1S/C23H27N5O5/c1-4-33-23(31)17-6-5-11-26(13-17)21(29)14-27-22(30)20-12-19(25-28(20)15(2)24-27)16-7-9-18(32-3)10-8-16/h7-10,12,17H,4-6,11,13-14H2,1-3H3. The van der Waals surface area contributed by atoms with E-state index in [0.29, 0.717) is 49.6 Å². The number of piperidine rings is 1. The highest BCUT2D eigenvalue weighted by Gasteiger charge is 2.29. The summed E-state index contributed by atoms with van der Waals surface area (Å²) in [7, 11) is 1.60. The maximum Gasteiger partial charge on any atom is 0.310 e. The fourth-order valence-electron chi connectivity index (χ4n) is 4.07. The summed E-state index contributed by atoms with van der Waals surface area (Å²) in [5.74, 6) is 0.341. The molecule has 0 N–H and O–H groups in total. The molecular weight excluding hydrogens is 426 g/mol. The molecule has 10 nitrogen and oxygen atoms in total. The highest BCUT2D eigenvalue weighted by molar-refractivity contribution is 5.78. The van der Waals surface area contributed by atoms with Gasteiger partial charge in [-0.2, -0.15) is 10.2 Å². The Labute approximate surface area is 190 Å². The topological polar surface area (TPSA) is 108 Å². The van der Waals surface area contributed by atoms with Gasteiger partial charge in [0, 0.05) is 18.7 Å². The number of hydrogen-bond donors (Lipinski definition) is 0. The van der Waals surface area contributed by atoms with Crippen LogP contribution in [0.4, 0.5) is 0 Å². The number of amides is 1. The van der Waals surface area contributed by atoms with Gasteiger partial charge in [0.05, 0.1) is 25.3 Å². The molecule has 1 saturated heterocycles. The number of benzene rings is 1. The van der Waals surface area contributed by atoms with E-state index in [1.165, 1.54) is 9.20 Å². The van der Waals surface area contributed by atoms with Crippen LogP contribution in [0.1, 0.15) is 25.6 Å². The number of hydrogen-bond acceptors (Lipinski definition) is 7. The van der Waals surface area contributed by atoms with Gasteiger partial charge in [-0.05, 0) is 57.0 Å². The second-order valence-corrected chi connectivity index (χ2v) is 8.00. The van der Waals surface area contributed by atoms with E-state index in [1.54, 1.807) is 31.9 Å². The summed E-state index contributed by atoms with van der Waals surface area (Å²) in [4.78, 5) is 39.7. The van der Waals surface area contributed by atoms with Gasteiger partial charge in [-0.3, -0.25) is 14.4 Å². The van der Waals surface area contributed by atoms with Crippen molar-refractivity contribution in [2.45, 2.75) is 33.2 Å². The quantitative estimate of drug-likeness (QED) is 0.523. The Morgan fingerprint density at radius 1 is 1.18 bits per heavy atom. The molecule has 0 aliphatic carbocycles. The van der Waals surface area contributed by atoms with Gasteiger partial charge in [-0.1, -0.05) is 0 Å². The molecule has 0 spiro atoms. The van der Waals surface area contributed by atoms with Crippen molar-refractivity contribution in [3.8, 4) is 17.0 Å². The summed E-state index contributed by atoms with van der Waals surface area (Å²) in [6, 6.07) is 9.06. The van der Waals surface area contributed by atoms with Crippen LogP contribution in [0.15, 0.2) is 35.1 Å². The molecule has 1 amide bonds. The molecule has 2 aromatic heterocycles. The SMILES string of the molecule is CCOC(=O)C1CCCN(C(=O)Cn2nc(C)n3nc(-c4ccc(OC)cc4)cc3c2=O)C1. The van der Waals surface area contributed by atoms with Crippen molar-refractivity contribution < 1.29 is 19.1 Å². The van der Waals surface area contributed by atoms with Gasteiger partial charge in [0.2, 0.25) is 5.91 Å². The fourth-order valence-corrected chi connectivity index (χ4v) is 4.07. The second kappa shape index (κ2) is 9.43. The fraction of sp³-hybridized carbons (Fsp3) is 0.435. The smallest absolute Gasteiger partial charge is 0.310 e. The zero-order chi connectivity index (χ0) is 23.5. The number of carbonyl (C=O) groups is 2. The van der Waals surface area contributed by atoms with Crippen LogP contribution in [-0.4, -0.2) is 63.0 Å². The molecule has 1 atom stereocenters. The summed E-state index contributed by atoms with van der Waals surface area (Å²) in [5, 5.41) is 8.81. The number of rotatable bonds is 6. The van der Waals surface area contributed by atoms with E-state index in [1.807, 2.05) is 24.3 Å². The predicted molar refractivity (Wildman–Crippen MR) is 120 cm³/mol. The van der Waals surface area contributed by atoms with Crippen LogP contribution in [0.25, 0.3) is 16.8 Å². The summed E-state index contributed by atoms with van der Waals surface area (Å²) < 4.78 is 12.9. The van der Waals surface area contributed by atoms with Crippen molar-refractivity contribution in [3.63, 3.8) is 0 Å². The number of likely N-dealkylation sites (tertiary alicyclic amines) is 1. The van der Waals surface area contributed by atoms with E-state index in [2.05, 4.69) is 10.2 Å². The molecule has 33 heavy (non-hydrogen) atoms. The summed E-state index contributed by atoms with van der Waals surface area (Å²) in [5.41, 5.74) is 1.39. The van der Waals surface area contributed by atoms with E-state index >= 15 is 0 Å². The van der Waals surface area contributed by atoms with Crippen LogP contribution in [-0.2, 0) is 20.9 Å². The molecule has 0 bridgehead atoms. The molecule has 1 unspecified atom stereocenters. The largest absolute Gasteiger partial charge is 0.497 e. The zero-order valence-electron chi connectivity index (χ0n) is 19.0. The number of carbonyl (C=O) groups excluding carboxylic acids is 2. The lowest BCUT2D eigenvalue weighted by molar-refractivity contribution is -0.151. The summed E-state index contributed by atoms with van der Waals surface area (Å²) in [6.45, 7) is 4.44. The lowest BCUT2D eigenvalue weighted by atomic mass is 9.98. The van der Waals surface area contributed by atoms with Gasteiger partial charge in [0.1, 0.15) is 23.6 Å². The molecule has 0 radical (unpaired) electrons. The maximum absolute atomic E-state index is 13.1. The Bertz CT molecular complexity index is 1230. The third-order valence-corrected chi connectivity index (χ3v) is 5.80. The number of ether oxygens (including phenoxy) is 2. The third kappa shape index (κ3) is 4.59. The minimum atomic E-state index is -0.403. The molecule has 1 aliphatic heterocycles. The van der Waals surface area contributed by atoms with E-state index in [0.717, 1.165) is 11.3 Å². The molecule has 4 rings (SSSR count). The molecule has 3 aromatic rings. The molecule has 1 aromatic carbocycles. The number of esters is 1. The van der Waals surface area contributed by atoms with E-state index < -0.39 is 5.56 Å². The minimum Gasteiger partial charge on any atom is -0.497 e. The minimum absolute atomic E-state index is 0.200. The first kappa shape index (κ1) is 22.5. The lowest BCUT2D eigenvalue weighted by Crippen LogP contribution is -2.45. The van der Waals surface area contributed by atoms with Crippen LogP contribution in [0.5, 0.6) is 5.75 Å². The van der Waals surface area contributed by atoms with Gasteiger partial charge in [0.25, 0.3) is 5.56 Å². The molecule has 10 heteroatoms. The zero-order valence-corrected chi connectivity index (χ0v) is 19.0. The Kier molecular flexibility index (Phi) is 6.43. The molecule has 1 fully saturated rings. The Balaban J connectivity index is 1.57. The first-order valence-electron chi connectivity index (χ1n) is 11.0. The normalized spacial score (nSPS) is 16.1. The van der Waals surface area contributed by atoms with Crippen molar-refractivity contribution in [2.24, 2.45) is 5.92 Å². The van der Waals surface area contributed by atoms with Gasteiger partial charge in [-0.25, -0.2) is 9.20 Å². The van der Waals surface area contributed by atoms with E-state index in [4.69, 9.17) is 9.47 Å².